The number of pyridine rings is 1. The van der Waals surface area contributed by atoms with Gasteiger partial charge in [-0.15, -0.1) is 0 Å². The molecule has 0 amide bonds. The molecule has 2 rings (SSSR count). The number of carboxylic acid groups (broad SMARTS) is 1. The van der Waals surface area contributed by atoms with E-state index in [1.807, 2.05) is 30.3 Å². The number of aliphatic hydroxyl groups excluding tert-OH is 1. The van der Waals surface area contributed by atoms with Gasteiger partial charge in [0.15, 0.2) is 0 Å². The zero-order valence-electron chi connectivity index (χ0n) is 9.65. The van der Waals surface area contributed by atoms with E-state index in [0.717, 1.165) is 5.56 Å². The van der Waals surface area contributed by atoms with Gasteiger partial charge in [0, 0.05) is 12.6 Å². The molecule has 18 heavy (non-hydrogen) atoms. The SMILES string of the molecule is O=C(O)c1cc(C(O)Cc2ccccc2)ccn1. The van der Waals surface area contributed by atoms with E-state index in [1.54, 1.807) is 6.07 Å². The molecule has 0 aliphatic rings. The predicted octanol–water partition coefficient (Wildman–Crippen LogP) is 2.06. The van der Waals surface area contributed by atoms with Gasteiger partial charge in [0.25, 0.3) is 0 Å². The first-order valence-corrected chi connectivity index (χ1v) is 5.58. The van der Waals surface area contributed by atoms with Crippen LogP contribution in [0.25, 0.3) is 0 Å². The highest BCUT2D eigenvalue weighted by atomic mass is 16.4. The maximum Gasteiger partial charge on any atom is 0.354 e. The minimum Gasteiger partial charge on any atom is -0.477 e. The van der Waals surface area contributed by atoms with Crippen LogP contribution >= 0.6 is 0 Å². The number of benzene rings is 1. The summed E-state index contributed by atoms with van der Waals surface area (Å²) in [6.45, 7) is 0. The fourth-order valence-corrected chi connectivity index (χ4v) is 1.73. The maximum absolute atomic E-state index is 10.8. The lowest BCUT2D eigenvalue weighted by Crippen LogP contribution is -2.06. The molecule has 0 radical (unpaired) electrons. The molecule has 0 saturated heterocycles. The van der Waals surface area contributed by atoms with Crippen LogP contribution in [0.5, 0.6) is 0 Å². The first-order chi connectivity index (χ1) is 8.66. The molecular weight excluding hydrogens is 230 g/mol. The molecule has 1 heterocycles. The largest absolute Gasteiger partial charge is 0.477 e. The molecule has 0 spiro atoms. The summed E-state index contributed by atoms with van der Waals surface area (Å²) in [5.41, 5.74) is 1.50. The molecule has 0 fully saturated rings. The Morgan fingerprint density at radius 3 is 2.61 bits per heavy atom. The van der Waals surface area contributed by atoms with Crippen molar-refractivity contribution in [2.75, 3.05) is 0 Å². The van der Waals surface area contributed by atoms with Crippen LogP contribution in [0.3, 0.4) is 0 Å². The van der Waals surface area contributed by atoms with Crippen molar-refractivity contribution in [2.45, 2.75) is 12.5 Å². The van der Waals surface area contributed by atoms with E-state index in [2.05, 4.69) is 4.98 Å². The fourth-order valence-electron chi connectivity index (χ4n) is 1.73. The van der Waals surface area contributed by atoms with Crippen LogP contribution in [0.2, 0.25) is 0 Å². The minimum atomic E-state index is -1.09. The van der Waals surface area contributed by atoms with Gasteiger partial charge in [0.1, 0.15) is 5.69 Å². The first-order valence-electron chi connectivity index (χ1n) is 5.58. The standard InChI is InChI=1S/C14H13NO3/c16-13(8-10-4-2-1-3-5-10)11-6-7-15-12(9-11)14(17)18/h1-7,9,13,16H,8H2,(H,17,18). The molecule has 1 unspecified atom stereocenters. The van der Waals surface area contributed by atoms with Crippen molar-refractivity contribution in [3.05, 3.63) is 65.5 Å². The molecule has 92 valence electrons. The summed E-state index contributed by atoms with van der Waals surface area (Å²) in [5, 5.41) is 18.9. The summed E-state index contributed by atoms with van der Waals surface area (Å²) in [6.07, 6.45) is 1.12. The number of carboxylic acids is 1. The summed E-state index contributed by atoms with van der Waals surface area (Å²) in [5.74, 6) is -1.09. The van der Waals surface area contributed by atoms with E-state index in [9.17, 15) is 9.90 Å². The second-order valence-electron chi connectivity index (χ2n) is 3.99. The quantitative estimate of drug-likeness (QED) is 0.862. The monoisotopic (exact) mass is 243 g/mol. The van der Waals surface area contributed by atoms with Crippen molar-refractivity contribution in [3.8, 4) is 0 Å². The second-order valence-corrected chi connectivity index (χ2v) is 3.99. The van der Waals surface area contributed by atoms with Gasteiger partial charge in [0.05, 0.1) is 6.10 Å². The Labute approximate surface area is 105 Å². The zero-order chi connectivity index (χ0) is 13.0. The van der Waals surface area contributed by atoms with E-state index in [0.29, 0.717) is 12.0 Å². The third-order valence-electron chi connectivity index (χ3n) is 2.66. The fraction of sp³-hybridized carbons (Fsp3) is 0.143. The number of rotatable bonds is 4. The highest BCUT2D eigenvalue weighted by molar-refractivity contribution is 5.85. The van der Waals surface area contributed by atoms with Crippen molar-refractivity contribution >= 4 is 5.97 Å². The molecule has 4 nitrogen and oxygen atoms in total. The average Bonchev–Trinajstić information content (AvgIpc) is 2.40. The Morgan fingerprint density at radius 2 is 1.94 bits per heavy atom. The lowest BCUT2D eigenvalue weighted by atomic mass is 10.0. The van der Waals surface area contributed by atoms with E-state index in [1.165, 1.54) is 12.3 Å². The third-order valence-corrected chi connectivity index (χ3v) is 2.66. The molecule has 0 aliphatic carbocycles. The highest BCUT2D eigenvalue weighted by Gasteiger charge is 2.12. The lowest BCUT2D eigenvalue weighted by Gasteiger charge is -2.11. The van der Waals surface area contributed by atoms with Gasteiger partial charge < -0.3 is 10.2 Å². The van der Waals surface area contributed by atoms with E-state index >= 15 is 0 Å². The molecule has 2 aromatic rings. The van der Waals surface area contributed by atoms with E-state index < -0.39 is 12.1 Å². The van der Waals surface area contributed by atoms with Gasteiger partial charge in [-0.05, 0) is 23.3 Å². The second kappa shape index (κ2) is 5.42. The highest BCUT2D eigenvalue weighted by Crippen LogP contribution is 2.18. The summed E-state index contributed by atoms with van der Waals surface area (Å²) >= 11 is 0. The third kappa shape index (κ3) is 2.93. The Bertz CT molecular complexity index is 540. The van der Waals surface area contributed by atoms with Crippen molar-refractivity contribution in [3.63, 3.8) is 0 Å². The molecule has 0 aliphatic heterocycles. The van der Waals surface area contributed by atoms with E-state index in [4.69, 9.17) is 5.11 Å². The van der Waals surface area contributed by atoms with Gasteiger partial charge in [-0.3, -0.25) is 0 Å². The molecular formula is C14H13NO3. The summed E-state index contributed by atoms with van der Waals surface area (Å²) in [6, 6.07) is 12.6. The first kappa shape index (κ1) is 12.3. The number of aromatic nitrogens is 1. The van der Waals surface area contributed by atoms with Crippen LogP contribution in [0, 0.1) is 0 Å². The van der Waals surface area contributed by atoms with Crippen molar-refractivity contribution in [1.82, 2.24) is 4.98 Å². The summed E-state index contributed by atoms with van der Waals surface area (Å²) in [4.78, 5) is 14.5. The molecule has 4 heteroatoms. The zero-order valence-corrected chi connectivity index (χ0v) is 9.65. The normalized spacial score (nSPS) is 12.1. The summed E-state index contributed by atoms with van der Waals surface area (Å²) in [7, 11) is 0. The van der Waals surface area contributed by atoms with Crippen LogP contribution in [0.15, 0.2) is 48.7 Å². The number of nitrogens with zero attached hydrogens (tertiary/aromatic N) is 1. The molecule has 2 N–H and O–H groups in total. The minimum absolute atomic E-state index is 0.0559. The Morgan fingerprint density at radius 1 is 1.22 bits per heavy atom. The summed E-state index contributed by atoms with van der Waals surface area (Å²) < 4.78 is 0. The van der Waals surface area contributed by atoms with Gasteiger partial charge in [0.2, 0.25) is 0 Å². The molecule has 1 aromatic heterocycles. The molecule has 1 aromatic carbocycles. The van der Waals surface area contributed by atoms with Crippen LogP contribution < -0.4 is 0 Å². The number of carbonyl (C=O) groups is 1. The average molecular weight is 243 g/mol. The molecule has 0 saturated carbocycles. The number of hydrogen-bond acceptors (Lipinski definition) is 3. The van der Waals surface area contributed by atoms with Crippen molar-refractivity contribution in [1.29, 1.82) is 0 Å². The molecule has 1 atom stereocenters. The number of aliphatic hydroxyl groups is 1. The van der Waals surface area contributed by atoms with Crippen molar-refractivity contribution < 1.29 is 15.0 Å². The van der Waals surface area contributed by atoms with E-state index in [-0.39, 0.29) is 5.69 Å². The molecule has 0 bridgehead atoms. The lowest BCUT2D eigenvalue weighted by molar-refractivity contribution is 0.0690. The smallest absolute Gasteiger partial charge is 0.354 e. The van der Waals surface area contributed by atoms with Crippen LogP contribution in [0.4, 0.5) is 0 Å². The van der Waals surface area contributed by atoms with Gasteiger partial charge in [-0.25, -0.2) is 9.78 Å². The predicted molar refractivity (Wildman–Crippen MR) is 66.3 cm³/mol. The number of hydrogen-bond donors (Lipinski definition) is 2. The van der Waals surface area contributed by atoms with Gasteiger partial charge >= 0.3 is 5.97 Å². The van der Waals surface area contributed by atoms with Gasteiger partial charge in [-0.2, -0.15) is 0 Å². The van der Waals surface area contributed by atoms with Crippen LogP contribution in [0.1, 0.15) is 27.7 Å². The number of aromatic carboxylic acids is 1. The van der Waals surface area contributed by atoms with Crippen molar-refractivity contribution in [2.24, 2.45) is 0 Å². The Kier molecular flexibility index (Phi) is 3.69. The maximum atomic E-state index is 10.8. The van der Waals surface area contributed by atoms with Gasteiger partial charge in [-0.1, -0.05) is 30.3 Å². The Hall–Kier alpha value is -2.20. The topological polar surface area (TPSA) is 70.4 Å². The van der Waals surface area contributed by atoms with Crippen LogP contribution in [-0.2, 0) is 6.42 Å². The van der Waals surface area contributed by atoms with Crippen LogP contribution in [-0.4, -0.2) is 21.2 Å². The Balaban J connectivity index is 2.16.